The smallest absolute Gasteiger partial charge is 0.209 e. The zero-order chi connectivity index (χ0) is 14.6. The van der Waals surface area contributed by atoms with E-state index in [1.807, 2.05) is 18.2 Å². The van der Waals surface area contributed by atoms with Crippen molar-refractivity contribution in [2.45, 2.75) is 26.8 Å². The summed E-state index contributed by atoms with van der Waals surface area (Å²) in [6.45, 7) is 7.75. The summed E-state index contributed by atoms with van der Waals surface area (Å²) < 4.78 is 25.1. The van der Waals surface area contributed by atoms with Gasteiger partial charge in [0.2, 0.25) is 10.0 Å². The highest BCUT2D eigenvalue weighted by molar-refractivity contribution is 7.88. The Morgan fingerprint density at radius 1 is 1.32 bits per heavy atom. The lowest BCUT2D eigenvalue weighted by Crippen LogP contribution is -2.27. The van der Waals surface area contributed by atoms with E-state index in [1.165, 1.54) is 0 Å². The highest BCUT2D eigenvalue weighted by Crippen LogP contribution is 2.26. The highest BCUT2D eigenvalue weighted by Gasteiger charge is 2.15. The first kappa shape index (κ1) is 15.8. The number of sulfonamides is 1. The largest absolute Gasteiger partial charge is 0.398 e. The molecule has 1 rings (SSSR count). The molecule has 0 amide bonds. The Morgan fingerprint density at radius 3 is 2.37 bits per heavy atom. The van der Waals surface area contributed by atoms with Gasteiger partial charge in [0, 0.05) is 30.5 Å². The fraction of sp³-hybridized carbons (Fsp3) is 0.538. The van der Waals surface area contributed by atoms with Crippen molar-refractivity contribution in [2.75, 3.05) is 30.0 Å². The van der Waals surface area contributed by atoms with Crippen LogP contribution in [0.3, 0.4) is 0 Å². The van der Waals surface area contributed by atoms with Crippen LogP contribution in [0.25, 0.3) is 0 Å². The van der Waals surface area contributed by atoms with Crippen molar-refractivity contribution in [2.24, 2.45) is 0 Å². The number of hydrogen-bond donors (Lipinski definition) is 2. The molecule has 1 unspecified atom stereocenters. The van der Waals surface area contributed by atoms with Crippen LogP contribution in [0.5, 0.6) is 0 Å². The minimum absolute atomic E-state index is 0.342. The molecule has 0 aliphatic rings. The number of nitrogens with one attached hydrogen (secondary N) is 1. The lowest BCUT2D eigenvalue weighted by Gasteiger charge is -2.23. The maximum atomic E-state index is 11.3. The molecule has 1 aromatic carbocycles. The maximum absolute atomic E-state index is 11.3. The van der Waals surface area contributed by atoms with Crippen molar-refractivity contribution in [3.8, 4) is 0 Å². The van der Waals surface area contributed by atoms with Crippen molar-refractivity contribution in [3.05, 3.63) is 23.8 Å². The van der Waals surface area contributed by atoms with E-state index in [0.717, 1.165) is 30.6 Å². The Morgan fingerprint density at radius 2 is 1.89 bits per heavy atom. The molecule has 1 atom stereocenters. The lowest BCUT2D eigenvalue weighted by atomic mass is 10.1. The van der Waals surface area contributed by atoms with Crippen LogP contribution < -0.4 is 15.4 Å². The van der Waals surface area contributed by atoms with Gasteiger partial charge in [0.05, 0.1) is 6.26 Å². The molecule has 0 aromatic heterocycles. The van der Waals surface area contributed by atoms with Crippen LogP contribution in [0.15, 0.2) is 18.2 Å². The van der Waals surface area contributed by atoms with E-state index in [4.69, 9.17) is 5.73 Å². The summed E-state index contributed by atoms with van der Waals surface area (Å²) in [7, 11) is -3.25. The zero-order valence-corrected chi connectivity index (χ0v) is 12.8. The van der Waals surface area contributed by atoms with Crippen LogP contribution in [0.4, 0.5) is 11.4 Å². The molecule has 108 valence electrons. The third-order valence-electron chi connectivity index (χ3n) is 3.06. The summed E-state index contributed by atoms with van der Waals surface area (Å²) >= 11 is 0. The molecule has 0 spiro atoms. The second-order valence-corrected chi connectivity index (χ2v) is 6.38. The molecule has 3 N–H and O–H groups in total. The number of anilines is 2. The number of benzene rings is 1. The number of hydrogen-bond acceptors (Lipinski definition) is 4. The molecule has 1 aromatic rings. The average molecular weight is 285 g/mol. The zero-order valence-electron chi connectivity index (χ0n) is 12.0. The molecular weight excluding hydrogens is 262 g/mol. The van der Waals surface area contributed by atoms with Crippen LogP contribution >= 0.6 is 0 Å². The normalized spacial score (nSPS) is 13.3. The molecule has 0 saturated heterocycles. The minimum atomic E-state index is -3.25. The molecule has 0 radical (unpaired) electrons. The first-order chi connectivity index (χ1) is 8.78. The molecule has 0 heterocycles. The number of nitrogen functional groups attached to an aromatic ring is 1. The Kier molecular flexibility index (Phi) is 5.20. The summed E-state index contributed by atoms with van der Waals surface area (Å²) in [6, 6.07) is 5.39. The quantitative estimate of drug-likeness (QED) is 0.780. The maximum Gasteiger partial charge on any atom is 0.209 e. The summed E-state index contributed by atoms with van der Waals surface area (Å²) in [4.78, 5) is 2.19. The molecule has 0 aliphatic heterocycles. The molecule has 0 fully saturated rings. The molecule has 0 bridgehead atoms. The Balaban J connectivity index is 3.09. The van der Waals surface area contributed by atoms with Gasteiger partial charge in [-0.3, -0.25) is 0 Å². The predicted octanol–water partition coefficient (Wildman–Crippen LogP) is 1.73. The van der Waals surface area contributed by atoms with Gasteiger partial charge in [-0.2, -0.15) is 0 Å². The second kappa shape index (κ2) is 6.25. The van der Waals surface area contributed by atoms with Crippen molar-refractivity contribution in [1.29, 1.82) is 0 Å². The van der Waals surface area contributed by atoms with Crippen molar-refractivity contribution in [1.82, 2.24) is 4.72 Å². The van der Waals surface area contributed by atoms with Gasteiger partial charge >= 0.3 is 0 Å². The third-order valence-corrected chi connectivity index (χ3v) is 3.84. The highest BCUT2D eigenvalue weighted by atomic mass is 32.2. The van der Waals surface area contributed by atoms with Crippen LogP contribution in [0.1, 0.15) is 32.4 Å². The Hall–Kier alpha value is -1.27. The van der Waals surface area contributed by atoms with E-state index in [0.29, 0.717) is 5.69 Å². The first-order valence-corrected chi connectivity index (χ1v) is 8.29. The molecule has 6 heteroatoms. The van der Waals surface area contributed by atoms with Gasteiger partial charge in [-0.15, -0.1) is 0 Å². The van der Waals surface area contributed by atoms with Gasteiger partial charge in [0.25, 0.3) is 0 Å². The average Bonchev–Trinajstić information content (AvgIpc) is 2.30. The summed E-state index contributed by atoms with van der Waals surface area (Å²) in [5.74, 6) is 0. The molecular formula is C13H23N3O2S. The van der Waals surface area contributed by atoms with E-state index in [9.17, 15) is 8.42 Å². The van der Waals surface area contributed by atoms with Gasteiger partial charge in [-0.1, -0.05) is 0 Å². The van der Waals surface area contributed by atoms with Crippen molar-refractivity contribution >= 4 is 21.4 Å². The monoisotopic (exact) mass is 285 g/mol. The van der Waals surface area contributed by atoms with Crippen molar-refractivity contribution in [3.63, 3.8) is 0 Å². The summed E-state index contributed by atoms with van der Waals surface area (Å²) in [5, 5.41) is 0. The van der Waals surface area contributed by atoms with Crippen LogP contribution in [0.2, 0.25) is 0 Å². The Bertz CT molecular complexity index is 525. The Labute approximate surface area is 115 Å². The third kappa shape index (κ3) is 4.40. The number of nitrogens with two attached hydrogens (primary N) is 1. The summed E-state index contributed by atoms with van der Waals surface area (Å²) in [6.07, 6.45) is 1.15. The van der Waals surface area contributed by atoms with Gasteiger partial charge in [0.1, 0.15) is 0 Å². The van der Waals surface area contributed by atoms with Gasteiger partial charge in [-0.05, 0) is 44.5 Å². The first-order valence-electron chi connectivity index (χ1n) is 6.40. The standard InChI is InChI=1S/C13H23N3O2S/c1-5-16(6-2)11-7-8-13(14)12(9-11)10(3)15-19(4,17)18/h7-10,15H,5-6,14H2,1-4H3. The van der Waals surface area contributed by atoms with E-state index in [1.54, 1.807) is 6.92 Å². The molecule has 19 heavy (non-hydrogen) atoms. The fourth-order valence-electron chi connectivity index (χ4n) is 2.11. The van der Waals surface area contributed by atoms with Crippen LogP contribution in [-0.4, -0.2) is 27.8 Å². The number of rotatable bonds is 6. The summed E-state index contributed by atoms with van der Waals surface area (Å²) in [5.41, 5.74) is 8.39. The van der Waals surface area contributed by atoms with Crippen LogP contribution in [0, 0.1) is 0 Å². The van der Waals surface area contributed by atoms with E-state index >= 15 is 0 Å². The molecule has 0 saturated carbocycles. The van der Waals surface area contributed by atoms with Gasteiger partial charge < -0.3 is 10.6 Å². The topological polar surface area (TPSA) is 75.4 Å². The second-order valence-electron chi connectivity index (χ2n) is 4.60. The van der Waals surface area contributed by atoms with Crippen molar-refractivity contribution < 1.29 is 8.42 Å². The predicted molar refractivity (Wildman–Crippen MR) is 80.8 cm³/mol. The van der Waals surface area contributed by atoms with E-state index < -0.39 is 10.0 Å². The van der Waals surface area contributed by atoms with Gasteiger partial charge in [0.15, 0.2) is 0 Å². The van der Waals surface area contributed by atoms with E-state index in [-0.39, 0.29) is 6.04 Å². The molecule has 0 aliphatic carbocycles. The van der Waals surface area contributed by atoms with Gasteiger partial charge in [-0.25, -0.2) is 13.1 Å². The molecule has 5 nitrogen and oxygen atoms in total. The lowest BCUT2D eigenvalue weighted by molar-refractivity contribution is 0.573. The fourth-order valence-corrected chi connectivity index (χ4v) is 2.88. The number of nitrogens with zero attached hydrogens (tertiary/aromatic N) is 1. The minimum Gasteiger partial charge on any atom is -0.398 e. The SMILES string of the molecule is CCN(CC)c1ccc(N)c(C(C)NS(C)(=O)=O)c1. The van der Waals surface area contributed by atoms with E-state index in [2.05, 4.69) is 23.5 Å². The van der Waals surface area contributed by atoms with Crippen LogP contribution in [-0.2, 0) is 10.0 Å².